The first kappa shape index (κ1) is 23.8. The van der Waals surface area contributed by atoms with Crippen molar-refractivity contribution < 1.29 is 14.3 Å². The van der Waals surface area contributed by atoms with Crippen LogP contribution in [0.25, 0.3) is 0 Å². The first-order valence-corrected chi connectivity index (χ1v) is 11.2. The van der Waals surface area contributed by atoms with Crippen LogP contribution in [0, 0.1) is 0 Å². The lowest BCUT2D eigenvalue weighted by Crippen LogP contribution is -2.15. The number of nitrogens with one attached hydrogen (secondary N) is 1. The molecular formula is C26H37NO3. The van der Waals surface area contributed by atoms with Gasteiger partial charge in [0, 0.05) is 12.1 Å². The fourth-order valence-corrected chi connectivity index (χ4v) is 3.03. The maximum atomic E-state index is 12.1. The van der Waals surface area contributed by atoms with Crippen molar-refractivity contribution in [1.29, 1.82) is 0 Å². The lowest BCUT2D eigenvalue weighted by molar-refractivity contribution is -0.116. The molecule has 0 aliphatic heterocycles. The zero-order valence-corrected chi connectivity index (χ0v) is 19.0. The molecule has 2 aromatic carbocycles. The van der Waals surface area contributed by atoms with Gasteiger partial charge in [-0.05, 0) is 66.6 Å². The molecule has 4 nitrogen and oxygen atoms in total. The number of amides is 1. The van der Waals surface area contributed by atoms with Crippen molar-refractivity contribution in [3.05, 3.63) is 54.1 Å². The van der Waals surface area contributed by atoms with Crippen LogP contribution >= 0.6 is 0 Å². The van der Waals surface area contributed by atoms with Crippen LogP contribution in [0.5, 0.6) is 11.5 Å². The number of benzene rings is 2. The third-order valence-electron chi connectivity index (χ3n) is 5.49. The SMILES string of the molecule is CCCCCOc1ccc(NC(=O)CCCOc2ccc(C(C)(C)CC)cc2)cc1. The summed E-state index contributed by atoms with van der Waals surface area (Å²) in [7, 11) is 0. The zero-order chi connectivity index (χ0) is 21.8. The van der Waals surface area contributed by atoms with Crippen LogP contribution < -0.4 is 14.8 Å². The van der Waals surface area contributed by atoms with Crippen LogP contribution in [0.3, 0.4) is 0 Å². The predicted molar refractivity (Wildman–Crippen MR) is 125 cm³/mol. The molecule has 0 heterocycles. The largest absolute Gasteiger partial charge is 0.494 e. The lowest BCUT2D eigenvalue weighted by atomic mass is 9.82. The monoisotopic (exact) mass is 411 g/mol. The molecule has 2 rings (SSSR count). The van der Waals surface area contributed by atoms with E-state index in [4.69, 9.17) is 9.47 Å². The van der Waals surface area contributed by atoms with Gasteiger partial charge in [-0.3, -0.25) is 4.79 Å². The van der Waals surface area contributed by atoms with E-state index in [1.54, 1.807) is 0 Å². The Morgan fingerprint density at radius 1 is 0.833 bits per heavy atom. The highest BCUT2D eigenvalue weighted by Gasteiger charge is 2.17. The number of hydrogen-bond donors (Lipinski definition) is 1. The van der Waals surface area contributed by atoms with E-state index in [0.717, 1.165) is 36.6 Å². The molecule has 0 saturated carbocycles. The van der Waals surface area contributed by atoms with Gasteiger partial charge in [0.1, 0.15) is 11.5 Å². The van der Waals surface area contributed by atoms with Gasteiger partial charge < -0.3 is 14.8 Å². The maximum Gasteiger partial charge on any atom is 0.224 e. The van der Waals surface area contributed by atoms with Gasteiger partial charge in [-0.25, -0.2) is 0 Å². The molecule has 0 radical (unpaired) electrons. The molecule has 0 aliphatic rings. The van der Waals surface area contributed by atoms with Gasteiger partial charge in [-0.15, -0.1) is 0 Å². The minimum atomic E-state index is -0.00439. The summed E-state index contributed by atoms with van der Waals surface area (Å²) in [5.74, 6) is 1.68. The second-order valence-electron chi connectivity index (χ2n) is 8.34. The molecule has 164 valence electrons. The first-order chi connectivity index (χ1) is 14.4. The van der Waals surface area contributed by atoms with E-state index in [1.807, 2.05) is 36.4 Å². The molecule has 0 fully saturated rings. The Bertz CT molecular complexity index is 751. The summed E-state index contributed by atoms with van der Waals surface area (Å²) in [5.41, 5.74) is 2.28. The van der Waals surface area contributed by atoms with Gasteiger partial charge in [0.05, 0.1) is 13.2 Å². The van der Waals surface area contributed by atoms with Crippen molar-refractivity contribution >= 4 is 11.6 Å². The van der Waals surface area contributed by atoms with Gasteiger partial charge >= 0.3 is 0 Å². The van der Waals surface area contributed by atoms with Crippen molar-refractivity contribution in [2.45, 2.75) is 71.6 Å². The Hall–Kier alpha value is -2.49. The van der Waals surface area contributed by atoms with Gasteiger partial charge in [-0.1, -0.05) is 52.7 Å². The number of anilines is 1. The lowest BCUT2D eigenvalue weighted by Gasteiger charge is -2.23. The molecule has 0 aromatic heterocycles. The average Bonchev–Trinajstić information content (AvgIpc) is 2.76. The molecular weight excluding hydrogens is 374 g/mol. The van der Waals surface area contributed by atoms with E-state index in [2.05, 4.69) is 45.1 Å². The molecule has 0 atom stereocenters. The molecule has 2 aromatic rings. The molecule has 0 bridgehead atoms. The quantitative estimate of drug-likeness (QED) is 0.371. The number of rotatable bonds is 13. The Kier molecular flexibility index (Phi) is 9.72. The number of carbonyl (C=O) groups is 1. The van der Waals surface area contributed by atoms with Crippen LogP contribution in [-0.4, -0.2) is 19.1 Å². The maximum absolute atomic E-state index is 12.1. The predicted octanol–water partition coefficient (Wildman–Crippen LogP) is 6.74. The van der Waals surface area contributed by atoms with Gasteiger partial charge in [0.2, 0.25) is 5.91 Å². The molecule has 0 unspecified atom stereocenters. The molecule has 4 heteroatoms. The summed E-state index contributed by atoms with van der Waals surface area (Å²) >= 11 is 0. The summed E-state index contributed by atoms with van der Waals surface area (Å²) in [6, 6.07) is 15.8. The topological polar surface area (TPSA) is 47.6 Å². The summed E-state index contributed by atoms with van der Waals surface area (Å²) in [6.45, 7) is 10.1. The summed E-state index contributed by atoms with van der Waals surface area (Å²) in [6.07, 6.45) is 5.63. The van der Waals surface area contributed by atoms with Crippen LogP contribution in [-0.2, 0) is 10.2 Å². The van der Waals surface area contributed by atoms with E-state index in [0.29, 0.717) is 19.4 Å². The highest BCUT2D eigenvalue weighted by atomic mass is 16.5. The normalized spacial score (nSPS) is 11.2. The Morgan fingerprint density at radius 2 is 1.40 bits per heavy atom. The van der Waals surface area contributed by atoms with Crippen molar-refractivity contribution in [2.75, 3.05) is 18.5 Å². The fraction of sp³-hybridized carbons (Fsp3) is 0.500. The van der Waals surface area contributed by atoms with Crippen molar-refractivity contribution in [3.8, 4) is 11.5 Å². The van der Waals surface area contributed by atoms with Crippen molar-refractivity contribution in [2.24, 2.45) is 0 Å². The Morgan fingerprint density at radius 3 is 1.97 bits per heavy atom. The highest BCUT2D eigenvalue weighted by molar-refractivity contribution is 5.90. The number of ether oxygens (including phenoxy) is 2. The zero-order valence-electron chi connectivity index (χ0n) is 19.0. The molecule has 1 amide bonds. The summed E-state index contributed by atoms with van der Waals surface area (Å²) < 4.78 is 11.5. The second-order valence-corrected chi connectivity index (χ2v) is 8.34. The molecule has 0 saturated heterocycles. The van der Waals surface area contributed by atoms with Crippen LogP contribution in [0.2, 0.25) is 0 Å². The number of carbonyl (C=O) groups excluding carboxylic acids is 1. The second kappa shape index (κ2) is 12.3. The van der Waals surface area contributed by atoms with Gasteiger partial charge in [0.25, 0.3) is 0 Å². The van der Waals surface area contributed by atoms with Crippen LogP contribution in [0.1, 0.15) is 71.8 Å². The fourth-order valence-electron chi connectivity index (χ4n) is 3.03. The van der Waals surface area contributed by atoms with Crippen LogP contribution in [0.15, 0.2) is 48.5 Å². The van der Waals surface area contributed by atoms with Gasteiger partial charge in [0.15, 0.2) is 0 Å². The van der Waals surface area contributed by atoms with E-state index >= 15 is 0 Å². The molecule has 1 N–H and O–H groups in total. The number of hydrogen-bond acceptors (Lipinski definition) is 3. The van der Waals surface area contributed by atoms with E-state index in [1.165, 1.54) is 18.4 Å². The third-order valence-corrected chi connectivity index (χ3v) is 5.49. The average molecular weight is 412 g/mol. The highest BCUT2D eigenvalue weighted by Crippen LogP contribution is 2.28. The van der Waals surface area contributed by atoms with Crippen molar-refractivity contribution in [1.82, 2.24) is 0 Å². The molecule has 30 heavy (non-hydrogen) atoms. The smallest absolute Gasteiger partial charge is 0.224 e. The first-order valence-electron chi connectivity index (χ1n) is 11.2. The summed E-state index contributed by atoms with van der Waals surface area (Å²) in [5, 5.41) is 2.92. The van der Waals surface area contributed by atoms with Gasteiger partial charge in [-0.2, -0.15) is 0 Å². The van der Waals surface area contributed by atoms with E-state index < -0.39 is 0 Å². The minimum Gasteiger partial charge on any atom is -0.494 e. The van der Waals surface area contributed by atoms with E-state index in [-0.39, 0.29) is 11.3 Å². The van der Waals surface area contributed by atoms with Crippen molar-refractivity contribution in [3.63, 3.8) is 0 Å². The minimum absolute atomic E-state index is 0.00439. The molecule has 0 spiro atoms. The molecule has 0 aliphatic carbocycles. The number of unbranched alkanes of at least 4 members (excludes halogenated alkanes) is 2. The van der Waals surface area contributed by atoms with Crippen LogP contribution in [0.4, 0.5) is 5.69 Å². The standard InChI is InChI=1S/C26H37NO3/c1-5-7-8-19-29-24-17-13-22(14-18-24)27-25(28)10-9-20-30-23-15-11-21(12-16-23)26(3,4)6-2/h11-18H,5-10,19-20H2,1-4H3,(H,27,28). The Balaban J connectivity index is 1.66. The Labute approximate surface area is 182 Å². The summed E-state index contributed by atoms with van der Waals surface area (Å²) in [4.78, 5) is 12.1. The van der Waals surface area contributed by atoms with E-state index in [9.17, 15) is 4.79 Å². The third kappa shape index (κ3) is 8.10.